The highest BCUT2D eigenvalue weighted by Crippen LogP contribution is 2.15. The summed E-state index contributed by atoms with van der Waals surface area (Å²) in [6, 6.07) is 5.62. The highest BCUT2D eigenvalue weighted by Gasteiger charge is 2.03. The summed E-state index contributed by atoms with van der Waals surface area (Å²) in [5, 5.41) is 7.21. The van der Waals surface area contributed by atoms with Gasteiger partial charge in [0.25, 0.3) is 0 Å². The first-order valence-corrected chi connectivity index (χ1v) is 4.54. The van der Waals surface area contributed by atoms with Crippen molar-refractivity contribution in [3.8, 4) is 18.2 Å². The average Bonchev–Trinajstić information content (AvgIpc) is 2.80. The van der Waals surface area contributed by atoms with Crippen LogP contribution < -0.4 is 5.32 Å². The predicted octanol–water partition coefficient (Wildman–Crippen LogP) is 1.31. The standard InChI is InChI=1S/C11H10N4/c1-2-6-12-10-5-3-7-13-11(10)15-9-4-8-14-15/h1,3-5,7-9,12H,6H2. The molecule has 1 N–H and O–H groups in total. The molecule has 2 heterocycles. The first kappa shape index (κ1) is 9.28. The molecule has 0 saturated heterocycles. The van der Waals surface area contributed by atoms with Gasteiger partial charge in [0.1, 0.15) is 0 Å². The number of rotatable bonds is 3. The Morgan fingerprint density at radius 3 is 3.07 bits per heavy atom. The van der Waals surface area contributed by atoms with Gasteiger partial charge in [-0.25, -0.2) is 9.67 Å². The van der Waals surface area contributed by atoms with Gasteiger partial charge in [0.15, 0.2) is 5.82 Å². The van der Waals surface area contributed by atoms with Crippen molar-refractivity contribution >= 4 is 5.69 Å². The largest absolute Gasteiger partial charge is 0.371 e. The van der Waals surface area contributed by atoms with Gasteiger partial charge >= 0.3 is 0 Å². The molecule has 0 fully saturated rings. The summed E-state index contributed by atoms with van der Waals surface area (Å²) >= 11 is 0. The molecule has 0 aliphatic carbocycles. The van der Waals surface area contributed by atoms with Crippen LogP contribution in [0.5, 0.6) is 0 Å². The zero-order valence-electron chi connectivity index (χ0n) is 8.09. The van der Waals surface area contributed by atoms with Crippen LogP contribution in [0.2, 0.25) is 0 Å². The minimum Gasteiger partial charge on any atom is -0.371 e. The molecule has 0 unspecified atom stereocenters. The topological polar surface area (TPSA) is 42.7 Å². The zero-order chi connectivity index (χ0) is 10.5. The number of aromatic nitrogens is 3. The van der Waals surface area contributed by atoms with E-state index in [2.05, 4.69) is 21.3 Å². The van der Waals surface area contributed by atoms with Crippen LogP contribution in [0.15, 0.2) is 36.8 Å². The molecule has 4 heteroatoms. The number of nitrogens with one attached hydrogen (secondary N) is 1. The molecule has 2 rings (SSSR count). The molecule has 0 radical (unpaired) electrons. The summed E-state index contributed by atoms with van der Waals surface area (Å²) in [6.45, 7) is 0.472. The van der Waals surface area contributed by atoms with E-state index in [0.29, 0.717) is 6.54 Å². The molecule has 74 valence electrons. The van der Waals surface area contributed by atoms with Crippen molar-refractivity contribution in [1.82, 2.24) is 14.8 Å². The van der Waals surface area contributed by atoms with E-state index in [-0.39, 0.29) is 0 Å². The van der Waals surface area contributed by atoms with E-state index < -0.39 is 0 Å². The van der Waals surface area contributed by atoms with Crippen molar-refractivity contribution in [1.29, 1.82) is 0 Å². The van der Waals surface area contributed by atoms with Crippen LogP contribution >= 0.6 is 0 Å². The summed E-state index contributed by atoms with van der Waals surface area (Å²) in [5.74, 6) is 3.27. The quantitative estimate of drug-likeness (QED) is 0.756. The maximum absolute atomic E-state index is 5.19. The summed E-state index contributed by atoms with van der Waals surface area (Å²) in [5.41, 5.74) is 0.874. The van der Waals surface area contributed by atoms with Crippen molar-refractivity contribution < 1.29 is 0 Å². The third-order valence-corrected chi connectivity index (χ3v) is 1.89. The van der Waals surface area contributed by atoms with Gasteiger partial charge in [0.2, 0.25) is 0 Å². The first-order valence-electron chi connectivity index (χ1n) is 4.54. The highest BCUT2D eigenvalue weighted by atomic mass is 15.3. The van der Waals surface area contributed by atoms with Gasteiger partial charge in [-0.1, -0.05) is 5.92 Å². The van der Waals surface area contributed by atoms with E-state index in [1.54, 1.807) is 17.1 Å². The van der Waals surface area contributed by atoms with Gasteiger partial charge in [-0.3, -0.25) is 0 Å². The van der Waals surface area contributed by atoms with Gasteiger partial charge in [-0.2, -0.15) is 5.10 Å². The number of anilines is 1. The van der Waals surface area contributed by atoms with Crippen LogP contribution in [0.1, 0.15) is 0 Å². The first-order chi connectivity index (χ1) is 7.42. The molecule has 0 aliphatic heterocycles. The molecule has 2 aromatic rings. The number of terminal acetylenes is 1. The molecule has 0 saturated carbocycles. The average molecular weight is 198 g/mol. The Kier molecular flexibility index (Phi) is 2.65. The lowest BCUT2D eigenvalue weighted by Gasteiger charge is -2.08. The smallest absolute Gasteiger partial charge is 0.176 e. The fraction of sp³-hybridized carbons (Fsp3) is 0.0909. The summed E-state index contributed by atoms with van der Waals surface area (Å²) in [6.07, 6.45) is 10.5. The highest BCUT2D eigenvalue weighted by molar-refractivity contribution is 5.56. The second kappa shape index (κ2) is 4.29. The Balaban J connectivity index is 2.35. The van der Waals surface area contributed by atoms with E-state index in [0.717, 1.165) is 11.5 Å². The van der Waals surface area contributed by atoms with Crippen LogP contribution in [0.4, 0.5) is 5.69 Å². The second-order valence-electron chi connectivity index (χ2n) is 2.88. The molecule has 4 nitrogen and oxygen atoms in total. The Hall–Kier alpha value is -2.28. The molecule has 0 atom stereocenters. The van der Waals surface area contributed by atoms with Crippen LogP contribution in [-0.2, 0) is 0 Å². The van der Waals surface area contributed by atoms with Gasteiger partial charge in [0, 0.05) is 18.6 Å². The molecule has 0 amide bonds. The Bertz CT molecular complexity index is 468. The Morgan fingerprint density at radius 2 is 2.33 bits per heavy atom. The van der Waals surface area contributed by atoms with Crippen molar-refractivity contribution in [2.75, 3.05) is 11.9 Å². The summed E-state index contributed by atoms with van der Waals surface area (Å²) in [7, 11) is 0. The lowest BCUT2D eigenvalue weighted by Crippen LogP contribution is -2.06. The van der Waals surface area contributed by atoms with Gasteiger partial charge in [-0.05, 0) is 18.2 Å². The molecule has 0 aliphatic rings. The summed E-state index contributed by atoms with van der Waals surface area (Å²) in [4.78, 5) is 4.24. The lowest BCUT2D eigenvalue weighted by atomic mass is 10.4. The van der Waals surface area contributed by atoms with Crippen molar-refractivity contribution in [2.24, 2.45) is 0 Å². The lowest BCUT2D eigenvalue weighted by molar-refractivity contribution is 0.848. The number of hydrogen-bond donors (Lipinski definition) is 1. The maximum atomic E-state index is 5.19. The minimum atomic E-state index is 0.472. The van der Waals surface area contributed by atoms with Crippen molar-refractivity contribution in [3.05, 3.63) is 36.8 Å². The molecular weight excluding hydrogens is 188 g/mol. The monoisotopic (exact) mass is 198 g/mol. The third-order valence-electron chi connectivity index (χ3n) is 1.89. The van der Waals surface area contributed by atoms with Crippen molar-refractivity contribution in [2.45, 2.75) is 0 Å². The molecule has 2 aromatic heterocycles. The van der Waals surface area contributed by atoms with Crippen LogP contribution in [-0.4, -0.2) is 21.3 Å². The fourth-order valence-electron chi connectivity index (χ4n) is 1.26. The Labute approximate surface area is 88.0 Å². The number of pyridine rings is 1. The molecular formula is C11H10N4. The normalized spacial score (nSPS) is 9.53. The third kappa shape index (κ3) is 1.97. The van der Waals surface area contributed by atoms with E-state index >= 15 is 0 Å². The Morgan fingerprint density at radius 1 is 1.40 bits per heavy atom. The zero-order valence-corrected chi connectivity index (χ0v) is 8.09. The van der Waals surface area contributed by atoms with Gasteiger partial charge in [-0.15, -0.1) is 6.42 Å². The van der Waals surface area contributed by atoms with Gasteiger partial charge in [0.05, 0.1) is 12.2 Å². The molecule has 0 spiro atoms. The second-order valence-corrected chi connectivity index (χ2v) is 2.88. The van der Waals surface area contributed by atoms with Crippen LogP contribution in [0.25, 0.3) is 5.82 Å². The minimum absolute atomic E-state index is 0.472. The molecule has 15 heavy (non-hydrogen) atoms. The van der Waals surface area contributed by atoms with Gasteiger partial charge < -0.3 is 5.32 Å². The van der Waals surface area contributed by atoms with E-state index in [1.807, 2.05) is 24.4 Å². The fourth-order valence-corrected chi connectivity index (χ4v) is 1.26. The van der Waals surface area contributed by atoms with E-state index in [9.17, 15) is 0 Å². The van der Waals surface area contributed by atoms with Crippen LogP contribution in [0, 0.1) is 12.3 Å². The molecule has 0 bridgehead atoms. The number of nitrogens with zero attached hydrogens (tertiary/aromatic N) is 3. The molecule has 0 aromatic carbocycles. The van der Waals surface area contributed by atoms with Crippen LogP contribution in [0.3, 0.4) is 0 Å². The number of hydrogen-bond acceptors (Lipinski definition) is 3. The predicted molar refractivity (Wildman–Crippen MR) is 58.7 cm³/mol. The van der Waals surface area contributed by atoms with Crippen molar-refractivity contribution in [3.63, 3.8) is 0 Å². The summed E-state index contributed by atoms with van der Waals surface area (Å²) < 4.78 is 1.69. The SMILES string of the molecule is C#CCNc1cccnc1-n1cccn1. The van der Waals surface area contributed by atoms with E-state index in [4.69, 9.17) is 6.42 Å². The van der Waals surface area contributed by atoms with E-state index in [1.165, 1.54) is 0 Å². The maximum Gasteiger partial charge on any atom is 0.176 e.